The average molecular weight is 328 g/mol. The van der Waals surface area contributed by atoms with Gasteiger partial charge in [-0.1, -0.05) is 6.92 Å². The molecular weight excluding hydrogens is 311 g/mol. The van der Waals surface area contributed by atoms with E-state index in [9.17, 15) is 14.0 Å². The number of hydrogen-bond acceptors (Lipinski definition) is 3. The molecule has 124 valence electrons. The molecule has 1 amide bonds. The maximum Gasteiger partial charge on any atom is 0.291 e. The molecule has 1 aliphatic rings. The molecule has 0 aliphatic heterocycles. The summed E-state index contributed by atoms with van der Waals surface area (Å²) in [5, 5.41) is 7.95. The summed E-state index contributed by atoms with van der Waals surface area (Å²) < 4.78 is 16.5. The van der Waals surface area contributed by atoms with Gasteiger partial charge in [-0.3, -0.25) is 14.0 Å². The molecule has 1 aromatic carbocycles. The van der Waals surface area contributed by atoms with Crippen LogP contribution in [0.15, 0.2) is 29.1 Å². The zero-order chi connectivity index (χ0) is 16.8. The van der Waals surface area contributed by atoms with E-state index in [4.69, 9.17) is 0 Å². The highest BCUT2D eigenvalue weighted by Gasteiger charge is 2.24. The van der Waals surface area contributed by atoms with Crippen LogP contribution in [0.2, 0.25) is 0 Å². The monoisotopic (exact) mass is 328 g/mol. The Morgan fingerprint density at radius 3 is 2.83 bits per heavy atom. The van der Waals surface area contributed by atoms with Gasteiger partial charge in [-0.25, -0.2) is 9.07 Å². The number of hydrogen-bond donors (Lipinski definition) is 1. The number of carbonyl (C=O) groups is 1. The Labute approximate surface area is 136 Å². The van der Waals surface area contributed by atoms with Crippen molar-refractivity contribution < 1.29 is 9.18 Å². The van der Waals surface area contributed by atoms with Gasteiger partial charge in [0.1, 0.15) is 23.7 Å². The minimum Gasteiger partial charge on any atom is -0.352 e. The lowest BCUT2D eigenvalue weighted by Crippen LogP contribution is -2.36. The summed E-state index contributed by atoms with van der Waals surface area (Å²) >= 11 is 0. The van der Waals surface area contributed by atoms with E-state index in [0.717, 1.165) is 18.2 Å². The van der Waals surface area contributed by atoms with E-state index in [-0.39, 0.29) is 29.9 Å². The molecule has 2 heterocycles. The van der Waals surface area contributed by atoms with Crippen molar-refractivity contribution in [2.24, 2.45) is 0 Å². The van der Waals surface area contributed by atoms with Crippen LogP contribution in [0.4, 0.5) is 4.39 Å². The lowest BCUT2D eigenvalue weighted by atomic mass is 10.2. The zero-order valence-corrected chi connectivity index (χ0v) is 13.3. The van der Waals surface area contributed by atoms with Crippen molar-refractivity contribution in [1.82, 2.24) is 19.5 Å². The van der Waals surface area contributed by atoms with E-state index >= 15 is 0 Å². The molecule has 0 radical (unpaired) electrons. The van der Waals surface area contributed by atoms with E-state index in [1.807, 2.05) is 6.92 Å². The van der Waals surface area contributed by atoms with E-state index < -0.39 is 0 Å². The van der Waals surface area contributed by atoms with Crippen LogP contribution in [0, 0.1) is 5.82 Å². The molecule has 1 aliphatic carbocycles. The SMILES string of the molecule is CCc1nn(CC(=O)NC2CC2)c(=O)c2cc3ccc(F)cc3n12. The van der Waals surface area contributed by atoms with Crippen molar-refractivity contribution in [3.05, 3.63) is 46.3 Å². The number of carbonyl (C=O) groups excluding carboxylic acids is 1. The number of aryl methyl sites for hydroxylation is 1. The Kier molecular flexibility index (Phi) is 3.37. The average Bonchev–Trinajstić information content (AvgIpc) is 3.28. The first-order valence-corrected chi connectivity index (χ1v) is 8.07. The van der Waals surface area contributed by atoms with Crippen molar-refractivity contribution >= 4 is 22.3 Å². The molecule has 6 nitrogen and oxygen atoms in total. The number of rotatable bonds is 4. The molecule has 0 atom stereocenters. The quantitative estimate of drug-likeness (QED) is 0.791. The van der Waals surface area contributed by atoms with Gasteiger partial charge in [-0.15, -0.1) is 0 Å². The smallest absolute Gasteiger partial charge is 0.291 e. The van der Waals surface area contributed by atoms with Crippen LogP contribution in [0.5, 0.6) is 0 Å². The molecule has 4 rings (SSSR count). The molecule has 0 saturated heterocycles. The molecule has 24 heavy (non-hydrogen) atoms. The van der Waals surface area contributed by atoms with Gasteiger partial charge in [0.15, 0.2) is 0 Å². The minimum absolute atomic E-state index is 0.102. The Hall–Kier alpha value is -2.70. The standard InChI is InChI=1S/C17H17FN4O2/c1-2-15-20-21(9-16(23)19-12-5-6-12)17(24)14-7-10-3-4-11(18)8-13(10)22(14)15/h3-4,7-8,12H,2,5-6,9H2,1H3,(H,19,23). The van der Waals surface area contributed by atoms with E-state index in [2.05, 4.69) is 10.4 Å². The lowest BCUT2D eigenvalue weighted by molar-refractivity contribution is -0.122. The number of aromatic nitrogens is 3. The molecule has 3 aromatic rings. The van der Waals surface area contributed by atoms with Gasteiger partial charge < -0.3 is 5.32 Å². The summed E-state index contributed by atoms with van der Waals surface area (Å²) in [5.74, 6) is 0.0441. The third-order valence-corrected chi connectivity index (χ3v) is 4.27. The fourth-order valence-corrected chi connectivity index (χ4v) is 2.94. The predicted molar refractivity (Wildman–Crippen MR) is 87.5 cm³/mol. The van der Waals surface area contributed by atoms with Crippen LogP contribution < -0.4 is 10.9 Å². The van der Waals surface area contributed by atoms with Crippen LogP contribution in [-0.2, 0) is 17.8 Å². The molecule has 1 N–H and O–H groups in total. The number of nitrogens with one attached hydrogen (secondary N) is 1. The van der Waals surface area contributed by atoms with Gasteiger partial charge in [0.2, 0.25) is 5.91 Å². The van der Waals surface area contributed by atoms with E-state index in [1.165, 1.54) is 16.8 Å². The highest BCUT2D eigenvalue weighted by atomic mass is 19.1. The Morgan fingerprint density at radius 2 is 2.12 bits per heavy atom. The fourth-order valence-electron chi connectivity index (χ4n) is 2.94. The second kappa shape index (κ2) is 5.43. The maximum atomic E-state index is 13.6. The fraction of sp³-hybridized carbons (Fsp3) is 0.353. The van der Waals surface area contributed by atoms with Crippen molar-refractivity contribution in [2.45, 2.75) is 38.8 Å². The highest BCUT2D eigenvalue weighted by molar-refractivity contribution is 5.87. The largest absolute Gasteiger partial charge is 0.352 e. The van der Waals surface area contributed by atoms with Crippen LogP contribution in [0.25, 0.3) is 16.4 Å². The molecule has 0 spiro atoms. The summed E-state index contributed by atoms with van der Waals surface area (Å²) in [4.78, 5) is 24.7. The number of amides is 1. The molecular formula is C17H17FN4O2. The van der Waals surface area contributed by atoms with Crippen molar-refractivity contribution in [3.63, 3.8) is 0 Å². The predicted octanol–water partition coefficient (Wildman–Crippen LogP) is 1.63. The Bertz CT molecular complexity index is 1020. The van der Waals surface area contributed by atoms with E-state index in [0.29, 0.717) is 23.3 Å². The number of halogens is 1. The van der Waals surface area contributed by atoms with Gasteiger partial charge in [-0.05, 0) is 37.1 Å². The van der Waals surface area contributed by atoms with E-state index in [1.54, 1.807) is 16.5 Å². The van der Waals surface area contributed by atoms with Crippen LogP contribution >= 0.6 is 0 Å². The van der Waals surface area contributed by atoms with Crippen molar-refractivity contribution in [3.8, 4) is 0 Å². The summed E-state index contributed by atoms with van der Waals surface area (Å²) in [7, 11) is 0. The zero-order valence-electron chi connectivity index (χ0n) is 13.3. The summed E-state index contributed by atoms with van der Waals surface area (Å²) in [6, 6.07) is 6.35. The van der Waals surface area contributed by atoms with Gasteiger partial charge in [0, 0.05) is 17.8 Å². The van der Waals surface area contributed by atoms with Crippen molar-refractivity contribution in [2.75, 3.05) is 0 Å². The van der Waals surface area contributed by atoms with Crippen LogP contribution in [0.3, 0.4) is 0 Å². The maximum absolute atomic E-state index is 13.6. The van der Waals surface area contributed by atoms with Crippen LogP contribution in [-0.4, -0.2) is 26.1 Å². The third-order valence-electron chi connectivity index (χ3n) is 4.27. The van der Waals surface area contributed by atoms with Gasteiger partial charge in [-0.2, -0.15) is 5.10 Å². The van der Waals surface area contributed by atoms with Crippen molar-refractivity contribution in [1.29, 1.82) is 0 Å². The molecule has 1 fully saturated rings. The first-order valence-electron chi connectivity index (χ1n) is 8.07. The molecule has 0 unspecified atom stereocenters. The first-order chi connectivity index (χ1) is 11.6. The number of nitrogens with zero attached hydrogens (tertiary/aromatic N) is 3. The highest BCUT2D eigenvalue weighted by Crippen LogP contribution is 2.21. The molecule has 2 aromatic heterocycles. The summed E-state index contributed by atoms with van der Waals surface area (Å²) in [5.41, 5.74) is 0.664. The third kappa shape index (κ3) is 2.46. The summed E-state index contributed by atoms with van der Waals surface area (Å²) in [6.07, 6.45) is 2.53. The van der Waals surface area contributed by atoms with Crippen LogP contribution in [0.1, 0.15) is 25.6 Å². The van der Waals surface area contributed by atoms with Gasteiger partial charge >= 0.3 is 0 Å². The first kappa shape index (κ1) is 14.9. The number of fused-ring (bicyclic) bond motifs is 3. The summed E-state index contributed by atoms with van der Waals surface area (Å²) in [6.45, 7) is 1.81. The Morgan fingerprint density at radius 1 is 1.33 bits per heavy atom. The van der Waals surface area contributed by atoms with Gasteiger partial charge in [0.25, 0.3) is 5.56 Å². The molecule has 0 bridgehead atoms. The Balaban J connectivity index is 1.87. The normalized spacial score (nSPS) is 14.4. The second-order valence-corrected chi connectivity index (χ2v) is 6.14. The lowest BCUT2D eigenvalue weighted by Gasteiger charge is -2.10. The topological polar surface area (TPSA) is 68.4 Å². The minimum atomic E-state index is -0.363. The molecule has 1 saturated carbocycles. The second-order valence-electron chi connectivity index (χ2n) is 6.14. The number of benzene rings is 1. The van der Waals surface area contributed by atoms with Gasteiger partial charge in [0.05, 0.1) is 5.52 Å². The molecule has 7 heteroatoms.